The summed E-state index contributed by atoms with van der Waals surface area (Å²) in [5.74, 6) is -2.06. The summed E-state index contributed by atoms with van der Waals surface area (Å²) in [4.78, 5) is 40.4. The molecule has 0 radical (unpaired) electrons. The number of pyridine rings is 1. The highest BCUT2D eigenvalue weighted by Crippen LogP contribution is 2.14. The van der Waals surface area contributed by atoms with Crippen LogP contribution in [0.4, 0.5) is 0 Å². The first-order valence-electron chi connectivity index (χ1n) is 10.9. The quantitative estimate of drug-likeness (QED) is 0.406. The Hall–Kier alpha value is -3.76. The Labute approximate surface area is 213 Å². The number of nitrogens with one attached hydrogen (secondary N) is 2. The number of hydrogen-bond acceptors (Lipinski definition) is 7. The highest BCUT2D eigenvalue weighted by molar-refractivity contribution is 7.90. The second-order valence-electron chi connectivity index (χ2n) is 7.98. The summed E-state index contributed by atoms with van der Waals surface area (Å²) in [6, 6.07) is 15.1. The summed E-state index contributed by atoms with van der Waals surface area (Å²) < 4.78 is 32.5. The van der Waals surface area contributed by atoms with Crippen LogP contribution in [0.25, 0.3) is 0 Å². The molecule has 2 N–H and O–H groups in total. The van der Waals surface area contributed by atoms with Gasteiger partial charge in [0.25, 0.3) is 21.8 Å². The normalized spacial score (nSPS) is 11.1. The molecule has 36 heavy (non-hydrogen) atoms. The van der Waals surface area contributed by atoms with E-state index in [0.717, 1.165) is 11.8 Å². The molecule has 3 aromatic rings. The molecule has 0 fully saturated rings. The Kier molecular flexibility index (Phi) is 8.78. The van der Waals surface area contributed by atoms with Crippen molar-refractivity contribution in [1.29, 1.82) is 0 Å². The van der Waals surface area contributed by atoms with E-state index >= 15 is 0 Å². The molecule has 0 bridgehead atoms. The minimum Gasteiger partial charge on any atom is -0.458 e. The fourth-order valence-corrected chi connectivity index (χ4v) is 4.19. The lowest BCUT2D eigenvalue weighted by Crippen LogP contribution is -2.31. The molecule has 11 heteroatoms. The molecule has 2 aromatic carbocycles. The molecule has 0 atom stereocenters. The molecule has 0 unspecified atom stereocenters. The third kappa shape index (κ3) is 7.37. The number of nitrogens with zero attached hydrogens (tertiary/aromatic N) is 1. The van der Waals surface area contributed by atoms with Crippen LogP contribution in [0, 0.1) is 0 Å². The van der Waals surface area contributed by atoms with Crippen LogP contribution in [0.5, 0.6) is 0 Å². The van der Waals surface area contributed by atoms with Crippen LogP contribution in [0.15, 0.2) is 71.8 Å². The lowest BCUT2D eigenvalue weighted by atomic mass is 10.1. The van der Waals surface area contributed by atoms with Crippen LogP contribution >= 0.6 is 11.6 Å². The van der Waals surface area contributed by atoms with Crippen molar-refractivity contribution in [3.63, 3.8) is 0 Å². The van der Waals surface area contributed by atoms with Gasteiger partial charge in [-0.15, -0.1) is 0 Å². The lowest BCUT2D eigenvalue weighted by molar-refractivity contribution is 0.0370. The highest BCUT2D eigenvalue weighted by Gasteiger charge is 2.21. The predicted molar refractivity (Wildman–Crippen MR) is 133 cm³/mol. The zero-order chi connectivity index (χ0) is 26.3. The fraction of sp³-hybridized carbons (Fsp3) is 0.200. The largest absolute Gasteiger partial charge is 0.458 e. The van der Waals surface area contributed by atoms with Gasteiger partial charge in [0.2, 0.25) is 0 Å². The average molecular weight is 530 g/mol. The van der Waals surface area contributed by atoms with Gasteiger partial charge in [0.15, 0.2) is 0 Å². The molecule has 9 nitrogen and oxygen atoms in total. The van der Waals surface area contributed by atoms with Gasteiger partial charge in [-0.3, -0.25) is 9.59 Å². The second-order valence-corrected chi connectivity index (χ2v) is 10.1. The lowest BCUT2D eigenvalue weighted by Gasteiger charge is -2.10. The third-order valence-electron chi connectivity index (χ3n) is 4.82. The average Bonchev–Trinajstić information content (AvgIpc) is 2.84. The molecule has 0 saturated carbocycles. The molecule has 2 amide bonds. The van der Waals surface area contributed by atoms with E-state index in [0.29, 0.717) is 18.0 Å². The van der Waals surface area contributed by atoms with E-state index in [1.165, 1.54) is 36.4 Å². The van der Waals surface area contributed by atoms with Crippen molar-refractivity contribution in [3.05, 3.63) is 94.3 Å². The smallest absolute Gasteiger partial charge is 0.357 e. The number of carbonyl (C=O) groups is 3. The Morgan fingerprint density at radius 3 is 2.33 bits per heavy atom. The third-order valence-corrected chi connectivity index (χ3v) is 6.40. The molecule has 188 valence electrons. The first kappa shape index (κ1) is 26.8. The number of sulfonamides is 1. The number of ether oxygens (including phenoxy) is 1. The van der Waals surface area contributed by atoms with Crippen molar-refractivity contribution in [2.45, 2.75) is 31.3 Å². The molecular formula is C25H24ClN3O6S. The van der Waals surface area contributed by atoms with E-state index < -0.39 is 27.8 Å². The van der Waals surface area contributed by atoms with Gasteiger partial charge in [-0.2, -0.15) is 0 Å². The van der Waals surface area contributed by atoms with Gasteiger partial charge in [0.05, 0.1) is 16.6 Å². The standard InChI is InChI=1S/C25H24ClN3O6S/c1-16(2)35-25(32)22-11-8-19(15-28-22)24(31)29-36(33,34)21-5-3-4-18(14-21)23(30)27-13-12-17-6-9-20(26)10-7-17/h3-11,14-16H,12-13H2,1-2H3,(H,27,30)(H,29,31). The SMILES string of the molecule is CC(C)OC(=O)c1ccc(C(=O)NS(=O)(=O)c2cccc(C(=O)NCCc3ccc(Cl)cc3)c2)cn1. The van der Waals surface area contributed by atoms with Crippen LogP contribution in [0.1, 0.15) is 50.6 Å². The van der Waals surface area contributed by atoms with Crippen LogP contribution in [0.2, 0.25) is 5.02 Å². The Morgan fingerprint density at radius 2 is 1.69 bits per heavy atom. The van der Waals surface area contributed by atoms with E-state index in [9.17, 15) is 22.8 Å². The van der Waals surface area contributed by atoms with Gasteiger partial charge in [0.1, 0.15) is 5.69 Å². The van der Waals surface area contributed by atoms with Gasteiger partial charge in [-0.25, -0.2) is 22.9 Å². The summed E-state index contributed by atoms with van der Waals surface area (Å²) in [7, 11) is -4.29. The summed E-state index contributed by atoms with van der Waals surface area (Å²) in [6.07, 6.45) is 1.31. The van der Waals surface area contributed by atoms with Crippen LogP contribution < -0.4 is 10.0 Å². The number of carbonyl (C=O) groups excluding carboxylic acids is 3. The minimum atomic E-state index is -4.29. The molecule has 0 aliphatic carbocycles. The number of hydrogen-bond donors (Lipinski definition) is 2. The van der Waals surface area contributed by atoms with Crippen molar-refractivity contribution in [2.24, 2.45) is 0 Å². The van der Waals surface area contributed by atoms with Gasteiger partial charge >= 0.3 is 5.97 Å². The molecular weight excluding hydrogens is 506 g/mol. The Morgan fingerprint density at radius 1 is 0.972 bits per heavy atom. The van der Waals surface area contributed by atoms with E-state index in [1.54, 1.807) is 26.0 Å². The zero-order valence-corrected chi connectivity index (χ0v) is 21.1. The summed E-state index contributed by atoms with van der Waals surface area (Å²) in [5, 5.41) is 3.35. The second kappa shape index (κ2) is 11.8. The summed E-state index contributed by atoms with van der Waals surface area (Å²) in [5.41, 5.74) is 1.02. The maximum atomic E-state index is 12.7. The highest BCUT2D eigenvalue weighted by atomic mass is 35.5. The van der Waals surface area contributed by atoms with Gasteiger partial charge in [0, 0.05) is 23.3 Å². The molecule has 0 aliphatic rings. The number of amides is 2. The van der Waals surface area contributed by atoms with Crippen LogP contribution in [-0.4, -0.2) is 43.8 Å². The van der Waals surface area contributed by atoms with Crippen LogP contribution in [-0.2, 0) is 21.2 Å². The molecule has 1 heterocycles. The van der Waals surface area contributed by atoms with Crippen molar-refractivity contribution in [3.8, 4) is 0 Å². The topological polar surface area (TPSA) is 132 Å². The van der Waals surface area contributed by atoms with Crippen molar-refractivity contribution in [1.82, 2.24) is 15.0 Å². The van der Waals surface area contributed by atoms with Crippen molar-refractivity contribution in [2.75, 3.05) is 6.54 Å². The molecule has 0 saturated heterocycles. The number of rotatable bonds is 9. The molecule has 0 spiro atoms. The minimum absolute atomic E-state index is 0.0158. The molecule has 0 aliphatic heterocycles. The zero-order valence-electron chi connectivity index (χ0n) is 19.5. The molecule has 1 aromatic heterocycles. The van der Waals surface area contributed by atoms with Gasteiger partial charge in [-0.1, -0.05) is 29.8 Å². The van der Waals surface area contributed by atoms with E-state index in [1.807, 2.05) is 16.9 Å². The van der Waals surface area contributed by atoms with Crippen molar-refractivity contribution >= 4 is 39.4 Å². The number of aromatic nitrogens is 1. The van der Waals surface area contributed by atoms with E-state index in [2.05, 4.69) is 10.3 Å². The van der Waals surface area contributed by atoms with Gasteiger partial charge in [-0.05, 0) is 68.3 Å². The first-order valence-corrected chi connectivity index (χ1v) is 12.8. The van der Waals surface area contributed by atoms with Gasteiger partial charge < -0.3 is 10.1 Å². The summed E-state index contributed by atoms with van der Waals surface area (Å²) in [6.45, 7) is 3.71. The summed E-state index contributed by atoms with van der Waals surface area (Å²) >= 11 is 5.86. The number of esters is 1. The van der Waals surface area contributed by atoms with E-state index in [-0.39, 0.29) is 27.8 Å². The van der Waals surface area contributed by atoms with E-state index in [4.69, 9.17) is 16.3 Å². The maximum Gasteiger partial charge on any atom is 0.357 e. The monoisotopic (exact) mass is 529 g/mol. The molecule has 3 rings (SSSR count). The van der Waals surface area contributed by atoms with Crippen LogP contribution in [0.3, 0.4) is 0 Å². The maximum absolute atomic E-state index is 12.7. The number of halogens is 1. The van der Waals surface area contributed by atoms with Crippen molar-refractivity contribution < 1.29 is 27.5 Å². The Bertz CT molecular complexity index is 1360. The Balaban J connectivity index is 1.63. The predicted octanol–water partition coefficient (Wildman–Crippen LogP) is 3.39. The number of benzene rings is 2. The fourth-order valence-electron chi connectivity index (χ4n) is 3.04. The first-order chi connectivity index (χ1) is 17.0.